The van der Waals surface area contributed by atoms with E-state index in [1.54, 1.807) is 59.5 Å². The van der Waals surface area contributed by atoms with Gasteiger partial charge in [-0.3, -0.25) is 4.90 Å². The molecule has 1 saturated heterocycles. The fourth-order valence-electron chi connectivity index (χ4n) is 3.88. The van der Waals surface area contributed by atoms with E-state index in [0.29, 0.717) is 40.7 Å². The lowest BCUT2D eigenvalue weighted by atomic mass is 10.0. The molecule has 0 saturated carbocycles. The second-order valence-corrected chi connectivity index (χ2v) is 8.30. The van der Waals surface area contributed by atoms with Gasteiger partial charge in [-0.1, -0.05) is 23.7 Å². The number of anilines is 1. The second-order valence-electron chi connectivity index (χ2n) is 7.86. The van der Waals surface area contributed by atoms with Crippen molar-refractivity contribution in [2.45, 2.75) is 18.6 Å². The molecule has 1 aliphatic heterocycles. The number of urea groups is 1. The summed E-state index contributed by atoms with van der Waals surface area (Å²) in [5, 5.41) is 9.76. The van der Waals surface area contributed by atoms with Crippen molar-refractivity contribution in [3.63, 3.8) is 0 Å². The number of hydrogen-bond donors (Lipinski definition) is 1. The molecule has 3 aromatic carbocycles. The maximum absolute atomic E-state index is 13.3. The first-order chi connectivity index (χ1) is 16.3. The van der Waals surface area contributed by atoms with Gasteiger partial charge in [0, 0.05) is 30.4 Å². The highest BCUT2D eigenvalue weighted by molar-refractivity contribution is 6.30. The summed E-state index contributed by atoms with van der Waals surface area (Å²) in [6.07, 6.45) is -4.11. The maximum atomic E-state index is 13.3. The normalized spacial score (nSPS) is 16.3. The van der Waals surface area contributed by atoms with Gasteiger partial charge in [0.2, 0.25) is 0 Å². The van der Waals surface area contributed by atoms with Crippen molar-refractivity contribution in [2.24, 2.45) is 0 Å². The van der Waals surface area contributed by atoms with Gasteiger partial charge in [-0.2, -0.15) is 13.2 Å². The van der Waals surface area contributed by atoms with Crippen molar-refractivity contribution in [3.8, 4) is 11.5 Å². The zero-order valence-electron chi connectivity index (χ0n) is 18.0. The predicted octanol–water partition coefficient (Wildman–Crippen LogP) is 6.52. The molecule has 0 spiro atoms. The Morgan fingerprint density at radius 1 is 1.00 bits per heavy atom. The molecule has 1 heterocycles. The summed E-state index contributed by atoms with van der Waals surface area (Å²) in [7, 11) is 0. The van der Waals surface area contributed by atoms with E-state index in [4.69, 9.17) is 16.3 Å². The van der Waals surface area contributed by atoms with Gasteiger partial charge in [-0.05, 0) is 72.6 Å². The van der Waals surface area contributed by atoms with Crippen LogP contribution >= 0.6 is 11.6 Å². The summed E-state index contributed by atoms with van der Waals surface area (Å²) >= 11 is 5.89. The lowest BCUT2D eigenvalue weighted by Gasteiger charge is -2.24. The van der Waals surface area contributed by atoms with E-state index in [0.717, 1.165) is 12.1 Å². The van der Waals surface area contributed by atoms with E-state index in [9.17, 15) is 23.1 Å². The lowest BCUT2D eigenvalue weighted by Crippen LogP contribution is -2.33. The van der Waals surface area contributed by atoms with E-state index in [1.165, 1.54) is 11.0 Å². The summed E-state index contributed by atoms with van der Waals surface area (Å²) in [5.74, 6) is 1.12. The number of alkyl halides is 3. The average Bonchev–Trinajstić information content (AvgIpc) is 3.15. The Balaban J connectivity index is 1.62. The molecule has 1 atom stereocenters. The molecular weight excluding hydrogens is 469 g/mol. The first-order valence-corrected chi connectivity index (χ1v) is 11.0. The summed E-state index contributed by atoms with van der Waals surface area (Å²) in [6.45, 7) is 0.428. The number of aliphatic hydroxyl groups is 1. The molecule has 1 unspecified atom stereocenters. The molecule has 0 radical (unpaired) electrons. The largest absolute Gasteiger partial charge is 0.457 e. The summed E-state index contributed by atoms with van der Waals surface area (Å²) in [6, 6.07) is 17.7. The molecule has 3 aromatic rings. The fraction of sp³-hybridized carbons (Fsp3) is 0.240. The van der Waals surface area contributed by atoms with Gasteiger partial charge in [0.25, 0.3) is 0 Å². The third-order valence-electron chi connectivity index (χ3n) is 5.53. The van der Waals surface area contributed by atoms with Gasteiger partial charge < -0.3 is 14.7 Å². The summed E-state index contributed by atoms with van der Waals surface area (Å²) in [5.41, 5.74) is 0.149. The van der Waals surface area contributed by atoms with E-state index >= 15 is 0 Å². The van der Waals surface area contributed by atoms with Gasteiger partial charge in [-0.15, -0.1) is 0 Å². The van der Waals surface area contributed by atoms with Crippen LogP contribution in [0.5, 0.6) is 11.5 Å². The first kappa shape index (κ1) is 23.9. The number of amides is 2. The van der Waals surface area contributed by atoms with Crippen molar-refractivity contribution in [1.82, 2.24) is 4.90 Å². The molecule has 0 bridgehead atoms. The fourth-order valence-corrected chi connectivity index (χ4v) is 4.01. The molecule has 1 N–H and O–H groups in total. The van der Waals surface area contributed by atoms with Gasteiger partial charge in [0.05, 0.1) is 11.6 Å². The van der Waals surface area contributed by atoms with Crippen molar-refractivity contribution >= 4 is 23.3 Å². The van der Waals surface area contributed by atoms with Crippen LogP contribution in [-0.4, -0.2) is 35.7 Å². The van der Waals surface area contributed by atoms with Gasteiger partial charge >= 0.3 is 12.2 Å². The number of halogens is 4. The first-order valence-electron chi connectivity index (χ1n) is 10.7. The molecule has 2 amide bonds. The zero-order chi connectivity index (χ0) is 24.3. The monoisotopic (exact) mass is 490 g/mol. The predicted molar refractivity (Wildman–Crippen MR) is 123 cm³/mol. The topological polar surface area (TPSA) is 53.0 Å². The molecule has 0 aromatic heterocycles. The Labute approximate surface area is 199 Å². The van der Waals surface area contributed by atoms with Crippen molar-refractivity contribution in [3.05, 3.63) is 88.9 Å². The Morgan fingerprint density at radius 3 is 2.26 bits per heavy atom. The van der Waals surface area contributed by atoms with E-state index in [-0.39, 0.29) is 19.2 Å². The summed E-state index contributed by atoms with van der Waals surface area (Å²) < 4.78 is 45.7. The van der Waals surface area contributed by atoms with Crippen molar-refractivity contribution < 1.29 is 27.8 Å². The van der Waals surface area contributed by atoms with Crippen LogP contribution in [0.3, 0.4) is 0 Å². The van der Waals surface area contributed by atoms with Crippen LogP contribution in [0, 0.1) is 0 Å². The Kier molecular flexibility index (Phi) is 7.00. The van der Waals surface area contributed by atoms with Gasteiger partial charge in [-0.25, -0.2) is 4.79 Å². The Hall–Kier alpha value is -3.23. The van der Waals surface area contributed by atoms with Gasteiger partial charge in [0.15, 0.2) is 0 Å². The minimum absolute atomic E-state index is 0.0886. The number of carbonyl (C=O) groups excluding carboxylic acids is 1. The molecule has 1 fully saturated rings. The molecule has 178 valence electrons. The zero-order valence-corrected chi connectivity index (χ0v) is 18.8. The number of ether oxygens (including phenoxy) is 1. The minimum atomic E-state index is -4.49. The standard InChI is InChI=1S/C25H22ClF3N2O3/c26-19-5-9-21(10-6-19)34-22-11-7-20(8-12-22)31-23(16-30(24(31)33)13-2-14-32)17-3-1-4-18(15-17)25(27,28)29/h1,3-12,15,23,32H,2,13-14,16H2. The number of hydrogen-bond acceptors (Lipinski definition) is 3. The van der Waals surface area contributed by atoms with Crippen LogP contribution in [0.4, 0.5) is 23.7 Å². The van der Waals surface area contributed by atoms with E-state index in [2.05, 4.69) is 0 Å². The Bertz CT molecular complexity index is 1140. The van der Waals surface area contributed by atoms with E-state index < -0.39 is 17.8 Å². The van der Waals surface area contributed by atoms with Crippen LogP contribution in [0.25, 0.3) is 0 Å². The third kappa shape index (κ3) is 5.29. The second kappa shape index (κ2) is 9.95. The molecule has 5 nitrogen and oxygen atoms in total. The van der Waals surface area contributed by atoms with Crippen LogP contribution in [-0.2, 0) is 6.18 Å². The van der Waals surface area contributed by atoms with Crippen LogP contribution < -0.4 is 9.64 Å². The molecule has 1 aliphatic rings. The van der Waals surface area contributed by atoms with Crippen LogP contribution in [0.1, 0.15) is 23.6 Å². The Morgan fingerprint density at radius 2 is 1.65 bits per heavy atom. The third-order valence-corrected chi connectivity index (χ3v) is 5.78. The average molecular weight is 491 g/mol. The van der Waals surface area contributed by atoms with Gasteiger partial charge in [0.1, 0.15) is 11.5 Å². The number of nitrogens with zero attached hydrogens (tertiary/aromatic N) is 2. The highest BCUT2D eigenvalue weighted by Crippen LogP contribution is 2.38. The van der Waals surface area contributed by atoms with Crippen molar-refractivity contribution in [2.75, 3.05) is 24.6 Å². The molecule has 4 rings (SSSR count). The minimum Gasteiger partial charge on any atom is -0.457 e. The molecule has 0 aliphatic carbocycles. The molecule has 9 heteroatoms. The molecular formula is C25H22ClF3N2O3. The highest BCUT2D eigenvalue weighted by Gasteiger charge is 2.40. The maximum Gasteiger partial charge on any atom is 0.416 e. The quantitative estimate of drug-likeness (QED) is 0.410. The lowest BCUT2D eigenvalue weighted by molar-refractivity contribution is -0.137. The number of rotatable bonds is 7. The smallest absolute Gasteiger partial charge is 0.416 e. The number of aliphatic hydroxyl groups excluding tert-OH is 1. The van der Waals surface area contributed by atoms with Crippen LogP contribution in [0.2, 0.25) is 5.02 Å². The van der Waals surface area contributed by atoms with Crippen molar-refractivity contribution in [1.29, 1.82) is 0 Å². The van der Waals surface area contributed by atoms with E-state index in [1.807, 2.05) is 0 Å². The van der Waals surface area contributed by atoms with Crippen LogP contribution in [0.15, 0.2) is 72.8 Å². The molecule has 34 heavy (non-hydrogen) atoms. The summed E-state index contributed by atoms with van der Waals surface area (Å²) in [4.78, 5) is 16.2. The number of carbonyl (C=O) groups is 1. The highest BCUT2D eigenvalue weighted by atomic mass is 35.5. The SMILES string of the molecule is O=C1N(CCCO)CC(c2cccc(C(F)(F)F)c2)N1c1ccc(Oc2ccc(Cl)cc2)cc1. The number of benzene rings is 3.